The molecule has 0 atom stereocenters. The molecule has 1 aliphatic heterocycles. The van der Waals surface area contributed by atoms with Crippen molar-refractivity contribution in [1.29, 1.82) is 0 Å². The first-order valence-electron chi connectivity index (χ1n) is 8.81. The molecule has 3 rings (SSSR count). The summed E-state index contributed by atoms with van der Waals surface area (Å²) in [6.45, 7) is 2.67. The van der Waals surface area contributed by atoms with Crippen LogP contribution < -0.4 is 9.47 Å². The molecule has 0 saturated heterocycles. The monoisotopic (exact) mass is 352 g/mol. The predicted octanol–water partition coefficient (Wildman–Crippen LogP) is 4.15. The fourth-order valence-electron chi connectivity index (χ4n) is 3.13. The van der Waals surface area contributed by atoms with Crippen LogP contribution in [0.5, 0.6) is 11.5 Å². The number of hydrogen-bond donors (Lipinski definition) is 0. The Hall–Kier alpha value is -2.59. The lowest BCUT2D eigenvalue weighted by atomic mass is 9.95. The number of rotatable bonds is 7. The maximum absolute atomic E-state index is 11.9. The van der Waals surface area contributed by atoms with Crippen molar-refractivity contribution in [1.82, 2.24) is 0 Å². The molecule has 1 heterocycles. The van der Waals surface area contributed by atoms with Crippen LogP contribution in [0.3, 0.4) is 0 Å². The summed E-state index contributed by atoms with van der Waals surface area (Å²) >= 11 is 0. The smallest absolute Gasteiger partial charge is 0.188 e. The van der Waals surface area contributed by atoms with E-state index in [2.05, 4.69) is 18.2 Å². The van der Waals surface area contributed by atoms with Crippen LogP contribution in [0.2, 0.25) is 0 Å². The number of fused-ring (bicyclic) bond motifs is 1. The normalized spacial score (nSPS) is 13.2. The van der Waals surface area contributed by atoms with Gasteiger partial charge in [0.2, 0.25) is 0 Å². The number of carbonyl (C=O) groups excluding carboxylic acids is 1. The van der Waals surface area contributed by atoms with Crippen molar-refractivity contribution in [3.05, 3.63) is 70.3 Å². The van der Waals surface area contributed by atoms with E-state index in [1.54, 1.807) is 7.11 Å². The first-order chi connectivity index (χ1) is 12.7. The van der Waals surface area contributed by atoms with E-state index < -0.39 is 0 Å². The Balaban J connectivity index is 1.97. The highest BCUT2D eigenvalue weighted by Gasteiger charge is 2.21. The van der Waals surface area contributed by atoms with Gasteiger partial charge in [0, 0.05) is 12.7 Å². The molecule has 2 aromatic carbocycles. The molecule has 26 heavy (non-hydrogen) atoms. The van der Waals surface area contributed by atoms with Crippen LogP contribution in [-0.2, 0) is 24.0 Å². The molecule has 2 aromatic rings. The fraction of sp³-hybridized carbons (Fsp3) is 0.318. The molecule has 4 heteroatoms. The van der Waals surface area contributed by atoms with E-state index in [9.17, 15) is 4.79 Å². The standard InChI is InChI=1S/C22H24O4/c1-16-8-11-19-21(26-15-24-2)12-18(20(13-23)22(19)25-14-16)10-9-17-6-4-3-5-7-17/h3-8,12-13H,9-11,14-15H2,1-2H3. The van der Waals surface area contributed by atoms with Crippen LogP contribution in [0.4, 0.5) is 0 Å². The molecular weight excluding hydrogens is 328 g/mol. The van der Waals surface area contributed by atoms with Crippen LogP contribution in [0.15, 0.2) is 48.0 Å². The average Bonchev–Trinajstić information content (AvgIpc) is 2.87. The summed E-state index contributed by atoms with van der Waals surface area (Å²) in [5.41, 5.74) is 4.85. The Labute approximate surface area is 154 Å². The Bertz CT molecular complexity index is 794. The second kappa shape index (κ2) is 8.68. The van der Waals surface area contributed by atoms with E-state index in [0.29, 0.717) is 24.3 Å². The largest absolute Gasteiger partial charge is 0.488 e. The van der Waals surface area contributed by atoms with Crippen molar-refractivity contribution >= 4 is 6.29 Å². The third-order valence-electron chi connectivity index (χ3n) is 4.54. The van der Waals surface area contributed by atoms with Gasteiger partial charge in [-0.1, -0.05) is 36.4 Å². The highest BCUT2D eigenvalue weighted by Crippen LogP contribution is 2.37. The Morgan fingerprint density at radius 2 is 2.00 bits per heavy atom. The molecule has 1 aliphatic rings. The zero-order valence-electron chi connectivity index (χ0n) is 15.3. The Morgan fingerprint density at radius 3 is 2.73 bits per heavy atom. The van der Waals surface area contributed by atoms with Gasteiger partial charge in [0.1, 0.15) is 18.1 Å². The van der Waals surface area contributed by atoms with Crippen molar-refractivity contribution in [3.63, 3.8) is 0 Å². The van der Waals surface area contributed by atoms with Crippen molar-refractivity contribution in [2.45, 2.75) is 26.2 Å². The van der Waals surface area contributed by atoms with Gasteiger partial charge >= 0.3 is 0 Å². The number of carbonyl (C=O) groups is 1. The van der Waals surface area contributed by atoms with Gasteiger partial charge in [-0.05, 0) is 49.0 Å². The molecule has 0 unspecified atom stereocenters. The van der Waals surface area contributed by atoms with Gasteiger partial charge in [0.05, 0.1) is 5.56 Å². The van der Waals surface area contributed by atoms with Gasteiger partial charge in [-0.15, -0.1) is 0 Å². The Morgan fingerprint density at radius 1 is 1.19 bits per heavy atom. The van der Waals surface area contributed by atoms with Gasteiger partial charge in [-0.2, -0.15) is 0 Å². The summed E-state index contributed by atoms with van der Waals surface area (Å²) in [5.74, 6) is 1.37. The highest BCUT2D eigenvalue weighted by molar-refractivity contribution is 5.84. The SMILES string of the molecule is COCOc1cc(CCc2ccccc2)c(C=O)c2c1CC=C(C)CO2. The van der Waals surface area contributed by atoms with E-state index in [4.69, 9.17) is 14.2 Å². The average molecular weight is 352 g/mol. The summed E-state index contributed by atoms with van der Waals surface area (Å²) in [6, 6.07) is 12.2. The third kappa shape index (κ3) is 4.14. The molecular formula is C22H24O4. The van der Waals surface area contributed by atoms with E-state index in [0.717, 1.165) is 41.6 Å². The second-order valence-electron chi connectivity index (χ2n) is 6.45. The molecule has 0 N–H and O–H groups in total. The highest BCUT2D eigenvalue weighted by atomic mass is 16.7. The van der Waals surface area contributed by atoms with Gasteiger partial charge in [-0.3, -0.25) is 4.79 Å². The van der Waals surface area contributed by atoms with E-state index in [-0.39, 0.29) is 6.79 Å². The Kier molecular flexibility index (Phi) is 6.08. The molecule has 0 fully saturated rings. The van der Waals surface area contributed by atoms with E-state index in [1.807, 2.05) is 31.2 Å². The molecule has 0 saturated carbocycles. The molecule has 0 aliphatic carbocycles. The zero-order valence-corrected chi connectivity index (χ0v) is 15.3. The first kappa shape index (κ1) is 18.2. The molecule has 0 amide bonds. The maximum atomic E-state index is 11.9. The van der Waals surface area contributed by atoms with E-state index >= 15 is 0 Å². The van der Waals surface area contributed by atoms with Gasteiger partial charge in [0.25, 0.3) is 0 Å². The molecule has 0 bridgehead atoms. The zero-order chi connectivity index (χ0) is 18.4. The number of benzene rings is 2. The lowest BCUT2D eigenvalue weighted by molar-refractivity contribution is 0.0503. The number of methoxy groups -OCH3 is 1. The molecule has 136 valence electrons. The van der Waals surface area contributed by atoms with Crippen molar-refractivity contribution < 1.29 is 19.0 Å². The van der Waals surface area contributed by atoms with Gasteiger partial charge < -0.3 is 14.2 Å². The first-order valence-corrected chi connectivity index (χ1v) is 8.81. The minimum absolute atomic E-state index is 0.160. The summed E-state index contributed by atoms with van der Waals surface area (Å²) in [4.78, 5) is 11.9. The molecule has 0 spiro atoms. The van der Waals surface area contributed by atoms with Crippen molar-refractivity contribution in [2.75, 3.05) is 20.5 Å². The molecule has 0 radical (unpaired) electrons. The second-order valence-corrected chi connectivity index (χ2v) is 6.45. The molecule has 0 aromatic heterocycles. The predicted molar refractivity (Wildman–Crippen MR) is 101 cm³/mol. The number of aryl methyl sites for hydroxylation is 2. The number of hydrogen-bond acceptors (Lipinski definition) is 4. The third-order valence-corrected chi connectivity index (χ3v) is 4.54. The van der Waals surface area contributed by atoms with Crippen LogP contribution in [0.1, 0.15) is 34.0 Å². The van der Waals surface area contributed by atoms with Gasteiger partial charge in [-0.25, -0.2) is 0 Å². The number of allylic oxidation sites excluding steroid dienone is 1. The minimum atomic E-state index is 0.160. The quantitative estimate of drug-likeness (QED) is 0.427. The fourth-order valence-corrected chi connectivity index (χ4v) is 3.13. The number of aldehydes is 1. The van der Waals surface area contributed by atoms with Crippen molar-refractivity contribution in [3.8, 4) is 11.5 Å². The summed E-state index contributed by atoms with van der Waals surface area (Å²) in [7, 11) is 1.59. The van der Waals surface area contributed by atoms with Gasteiger partial charge in [0.15, 0.2) is 13.1 Å². The lowest BCUT2D eigenvalue weighted by Crippen LogP contribution is -2.09. The summed E-state index contributed by atoms with van der Waals surface area (Å²) < 4.78 is 16.8. The topological polar surface area (TPSA) is 44.8 Å². The van der Waals surface area contributed by atoms with Crippen LogP contribution in [0.25, 0.3) is 0 Å². The maximum Gasteiger partial charge on any atom is 0.188 e. The summed E-state index contributed by atoms with van der Waals surface area (Å²) in [5, 5.41) is 0. The van der Waals surface area contributed by atoms with Crippen LogP contribution in [-0.4, -0.2) is 26.8 Å². The summed E-state index contributed by atoms with van der Waals surface area (Å²) in [6.07, 6.45) is 5.29. The van der Waals surface area contributed by atoms with Crippen LogP contribution in [0, 0.1) is 0 Å². The minimum Gasteiger partial charge on any atom is -0.488 e. The van der Waals surface area contributed by atoms with Crippen molar-refractivity contribution in [2.24, 2.45) is 0 Å². The van der Waals surface area contributed by atoms with Crippen LogP contribution >= 0.6 is 0 Å². The van der Waals surface area contributed by atoms with E-state index in [1.165, 1.54) is 5.56 Å². The number of ether oxygens (including phenoxy) is 3. The lowest BCUT2D eigenvalue weighted by Gasteiger charge is -2.18. The molecule has 4 nitrogen and oxygen atoms in total.